The van der Waals surface area contributed by atoms with E-state index < -0.39 is 43.2 Å². The Morgan fingerprint density at radius 1 is 1.22 bits per heavy atom. The van der Waals surface area contributed by atoms with Crippen molar-refractivity contribution in [2.75, 3.05) is 13.7 Å². The van der Waals surface area contributed by atoms with Gasteiger partial charge in [0.05, 0.1) is 13.7 Å². The van der Waals surface area contributed by atoms with Crippen LogP contribution in [0.2, 0.25) is 0 Å². The van der Waals surface area contributed by atoms with Crippen LogP contribution in [0.3, 0.4) is 0 Å². The van der Waals surface area contributed by atoms with Gasteiger partial charge in [-0.05, 0) is 24.3 Å². The first-order valence-corrected chi connectivity index (χ1v) is 7.16. The van der Waals surface area contributed by atoms with Crippen molar-refractivity contribution in [2.45, 2.75) is 37.6 Å². The van der Waals surface area contributed by atoms with Crippen molar-refractivity contribution in [3.8, 4) is 11.5 Å². The van der Waals surface area contributed by atoms with Crippen LogP contribution in [-0.4, -0.2) is 65.6 Å². The molecule has 1 saturated heterocycles. The van der Waals surface area contributed by atoms with Crippen molar-refractivity contribution < 1.29 is 34.3 Å². The second-order valence-electron chi connectivity index (χ2n) is 5.23. The van der Waals surface area contributed by atoms with Crippen molar-refractivity contribution >= 4 is 5.91 Å². The third kappa shape index (κ3) is 4.11. The Bertz CT molecular complexity index is 521. The average molecular weight is 327 g/mol. The minimum Gasteiger partial charge on any atom is -0.497 e. The number of hydrogen-bond acceptors (Lipinski definition) is 7. The Kier molecular flexibility index (Phi) is 5.78. The molecule has 5 atom stereocenters. The molecule has 0 unspecified atom stereocenters. The molecule has 128 valence electrons. The quantitative estimate of drug-likeness (QED) is 0.549. The summed E-state index contributed by atoms with van der Waals surface area (Å²) in [7, 11) is 1.54. The van der Waals surface area contributed by atoms with E-state index in [-0.39, 0.29) is 0 Å². The molecule has 1 fully saturated rings. The molecule has 0 radical (unpaired) electrons. The predicted molar refractivity (Wildman–Crippen MR) is 79.0 cm³/mol. The lowest BCUT2D eigenvalue weighted by Gasteiger charge is -2.42. The summed E-state index contributed by atoms with van der Waals surface area (Å²) in [5.74, 6) is 0.658. The molecule has 0 saturated carbocycles. The largest absolute Gasteiger partial charge is 0.497 e. The van der Waals surface area contributed by atoms with Crippen LogP contribution in [0.15, 0.2) is 24.3 Å². The molecule has 1 aliphatic rings. The van der Waals surface area contributed by atoms with Gasteiger partial charge in [-0.25, -0.2) is 0 Å². The molecule has 1 aliphatic heterocycles. The number of benzene rings is 1. The highest BCUT2D eigenvalue weighted by Gasteiger charge is 2.46. The highest BCUT2D eigenvalue weighted by atomic mass is 16.7. The van der Waals surface area contributed by atoms with E-state index in [4.69, 9.17) is 14.2 Å². The molecule has 8 heteroatoms. The van der Waals surface area contributed by atoms with E-state index in [0.29, 0.717) is 11.5 Å². The molecule has 0 spiro atoms. The molecule has 4 N–H and O–H groups in total. The summed E-state index contributed by atoms with van der Waals surface area (Å²) in [4.78, 5) is 11.3. The maximum absolute atomic E-state index is 11.3. The van der Waals surface area contributed by atoms with Crippen LogP contribution in [0, 0.1) is 0 Å². The van der Waals surface area contributed by atoms with Gasteiger partial charge < -0.3 is 34.8 Å². The van der Waals surface area contributed by atoms with Crippen LogP contribution in [0.25, 0.3) is 0 Å². The minimum atomic E-state index is -1.34. The molecule has 0 bridgehead atoms. The number of amides is 1. The van der Waals surface area contributed by atoms with E-state index in [1.54, 1.807) is 24.3 Å². The van der Waals surface area contributed by atoms with Crippen LogP contribution in [0.1, 0.15) is 6.92 Å². The molecular weight excluding hydrogens is 306 g/mol. The third-order valence-corrected chi connectivity index (χ3v) is 3.56. The van der Waals surface area contributed by atoms with Gasteiger partial charge in [0.1, 0.15) is 35.9 Å². The van der Waals surface area contributed by atoms with Crippen molar-refractivity contribution in [3.05, 3.63) is 24.3 Å². The number of methoxy groups -OCH3 is 1. The van der Waals surface area contributed by atoms with Crippen LogP contribution < -0.4 is 14.8 Å². The highest BCUT2D eigenvalue weighted by molar-refractivity contribution is 5.73. The van der Waals surface area contributed by atoms with E-state index in [1.165, 1.54) is 14.0 Å². The normalized spacial score (nSPS) is 30.6. The Balaban J connectivity index is 2.17. The smallest absolute Gasteiger partial charge is 0.223 e. The number of aliphatic hydroxyl groups is 3. The zero-order chi connectivity index (χ0) is 17.0. The van der Waals surface area contributed by atoms with Gasteiger partial charge in [-0.1, -0.05) is 0 Å². The molecule has 0 aliphatic carbocycles. The molecule has 1 aromatic carbocycles. The molecule has 2 rings (SSSR count). The average Bonchev–Trinajstić information content (AvgIpc) is 2.54. The number of carbonyl (C=O) groups excluding carboxylic acids is 1. The van der Waals surface area contributed by atoms with Gasteiger partial charge in [-0.3, -0.25) is 4.79 Å². The van der Waals surface area contributed by atoms with E-state index in [1.807, 2.05) is 0 Å². The fourth-order valence-corrected chi connectivity index (χ4v) is 2.36. The summed E-state index contributed by atoms with van der Waals surface area (Å²) in [6.45, 7) is 0.787. The van der Waals surface area contributed by atoms with Gasteiger partial charge >= 0.3 is 0 Å². The fourth-order valence-electron chi connectivity index (χ4n) is 2.36. The van der Waals surface area contributed by atoms with Gasteiger partial charge in [-0.15, -0.1) is 0 Å². The maximum Gasteiger partial charge on any atom is 0.223 e. The molecule has 1 aromatic rings. The minimum absolute atomic E-state index is 0.407. The maximum atomic E-state index is 11.3. The van der Waals surface area contributed by atoms with Crippen molar-refractivity contribution in [2.24, 2.45) is 0 Å². The Labute approximate surface area is 133 Å². The van der Waals surface area contributed by atoms with Crippen molar-refractivity contribution in [3.63, 3.8) is 0 Å². The van der Waals surface area contributed by atoms with Gasteiger partial charge in [0.25, 0.3) is 0 Å². The van der Waals surface area contributed by atoms with Gasteiger partial charge in [0, 0.05) is 6.92 Å². The first-order chi connectivity index (χ1) is 11.0. The first kappa shape index (κ1) is 17.5. The Morgan fingerprint density at radius 3 is 2.35 bits per heavy atom. The zero-order valence-corrected chi connectivity index (χ0v) is 12.9. The Hall–Kier alpha value is -1.87. The lowest BCUT2D eigenvalue weighted by molar-refractivity contribution is -0.244. The van der Waals surface area contributed by atoms with Crippen LogP contribution in [0.4, 0.5) is 0 Å². The van der Waals surface area contributed by atoms with E-state index in [2.05, 4.69) is 5.32 Å². The second-order valence-corrected chi connectivity index (χ2v) is 5.23. The van der Waals surface area contributed by atoms with Crippen molar-refractivity contribution in [1.29, 1.82) is 0 Å². The number of ether oxygens (including phenoxy) is 3. The van der Waals surface area contributed by atoms with E-state index in [0.717, 1.165) is 0 Å². The number of hydrogen-bond donors (Lipinski definition) is 4. The van der Waals surface area contributed by atoms with Crippen LogP contribution in [-0.2, 0) is 9.53 Å². The van der Waals surface area contributed by atoms with E-state index >= 15 is 0 Å². The SMILES string of the molecule is COc1ccc(O[C@@H]2O[C@H](CO)[C@H](O)[C@H](O)[C@H]2NC(C)=O)cc1. The monoisotopic (exact) mass is 327 g/mol. The molecule has 8 nitrogen and oxygen atoms in total. The first-order valence-electron chi connectivity index (χ1n) is 7.16. The van der Waals surface area contributed by atoms with Crippen molar-refractivity contribution in [1.82, 2.24) is 5.32 Å². The van der Waals surface area contributed by atoms with Gasteiger partial charge in [0.15, 0.2) is 0 Å². The number of carbonyl (C=O) groups is 1. The summed E-state index contributed by atoms with van der Waals surface area (Å²) >= 11 is 0. The van der Waals surface area contributed by atoms with Crippen LogP contribution in [0.5, 0.6) is 11.5 Å². The van der Waals surface area contributed by atoms with E-state index in [9.17, 15) is 20.1 Å². The zero-order valence-electron chi connectivity index (χ0n) is 12.9. The summed E-state index contributed by atoms with van der Waals surface area (Å²) in [6.07, 6.45) is -4.76. The number of rotatable bonds is 5. The molecule has 1 amide bonds. The van der Waals surface area contributed by atoms with Gasteiger partial charge in [-0.2, -0.15) is 0 Å². The third-order valence-electron chi connectivity index (χ3n) is 3.56. The fraction of sp³-hybridized carbons (Fsp3) is 0.533. The van der Waals surface area contributed by atoms with Gasteiger partial charge in [0.2, 0.25) is 12.2 Å². The second kappa shape index (κ2) is 7.60. The standard InChI is InChI=1S/C15H21NO7/c1-8(18)16-12-14(20)13(19)11(7-17)23-15(12)22-10-5-3-9(21-2)4-6-10/h3-6,11-15,17,19-20H,7H2,1-2H3,(H,16,18)/t11-,12-,13+,14-,15-/m1/s1. The Morgan fingerprint density at radius 2 is 1.83 bits per heavy atom. The lowest BCUT2D eigenvalue weighted by atomic mass is 9.97. The molecule has 0 aromatic heterocycles. The summed E-state index contributed by atoms with van der Waals surface area (Å²) in [6, 6.07) is 5.66. The summed E-state index contributed by atoms with van der Waals surface area (Å²) in [5, 5.41) is 31.8. The highest BCUT2D eigenvalue weighted by Crippen LogP contribution is 2.25. The number of aliphatic hydroxyl groups excluding tert-OH is 3. The summed E-state index contributed by atoms with van der Waals surface area (Å²) < 4.78 is 16.2. The lowest BCUT2D eigenvalue weighted by Crippen LogP contribution is -2.65. The van der Waals surface area contributed by atoms with Crippen LogP contribution >= 0.6 is 0 Å². The topological polar surface area (TPSA) is 117 Å². The number of nitrogens with one attached hydrogen (secondary N) is 1. The molecular formula is C15H21NO7. The summed E-state index contributed by atoms with van der Waals surface area (Å²) in [5.41, 5.74) is 0. The molecule has 23 heavy (non-hydrogen) atoms. The molecule has 1 heterocycles. The predicted octanol–water partition coefficient (Wildman–Crippen LogP) is -0.982.